The number of anilines is 1. The molecule has 2 aromatic carbocycles. The molecular weight excluding hydrogens is 378 g/mol. The van der Waals surface area contributed by atoms with Crippen LogP contribution in [0.1, 0.15) is 29.3 Å². The number of carbonyl (C=O) groups is 1. The third-order valence-electron chi connectivity index (χ3n) is 4.67. The summed E-state index contributed by atoms with van der Waals surface area (Å²) < 4.78 is 6.90. The summed E-state index contributed by atoms with van der Waals surface area (Å²) in [6, 6.07) is 20.1. The Labute approximate surface area is 174 Å². The molecule has 30 heavy (non-hydrogen) atoms. The van der Waals surface area contributed by atoms with E-state index in [1.807, 2.05) is 66.2 Å². The van der Waals surface area contributed by atoms with Gasteiger partial charge in [0.05, 0.1) is 12.2 Å². The second kappa shape index (κ2) is 8.73. The number of rotatable bonds is 7. The van der Waals surface area contributed by atoms with Gasteiger partial charge in [-0.25, -0.2) is 4.68 Å². The standard InChI is InChI=1S/C23H23N5O2/c1-16-7-6-10-19(13-16)20-14-21(28(26-20)15-18-8-4-3-5-9-18)25-22(29)11-12-23-24-17(2)27-30-23/h3-10,13-14H,11-12,15H2,1-2H3,(H,25,29). The molecule has 1 N–H and O–H groups in total. The summed E-state index contributed by atoms with van der Waals surface area (Å²) in [4.78, 5) is 16.7. The van der Waals surface area contributed by atoms with E-state index in [1.54, 1.807) is 6.92 Å². The predicted octanol–water partition coefficient (Wildman–Crippen LogP) is 4.17. The number of nitrogens with zero attached hydrogens (tertiary/aromatic N) is 4. The highest BCUT2D eigenvalue weighted by Crippen LogP contribution is 2.24. The van der Waals surface area contributed by atoms with Crippen molar-refractivity contribution >= 4 is 11.7 Å². The minimum atomic E-state index is -0.129. The largest absolute Gasteiger partial charge is 0.339 e. The van der Waals surface area contributed by atoms with Crippen molar-refractivity contribution in [1.82, 2.24) is 19.9 Å². The van der Waals surface area contributed by atoms with E-state index in [2.05, 4.69) is 21.5 Å². The fourth-order valence-electron chi connectivity index (χ4n) is 3.21. The lowest BCUT2D eigenvalue weighted by Gasteiger charge is -2.08. The van der Waals surface area contributed by atoms with Gasteiger partial charge in [0.15, 0.2) is 5.82 Å². The lowest BCUT2D eigenvalue weighted by atomic mass is 10.1. The van der Waals surface area contributed by atoms with Gasteiger partial charge >= 0.3 is 0 Å². The molecule has 0 aliphatic heterocycles. The Hall–Kier alpha value is -3.74. The van der Waals surface area contributed by atoms with Gasteiger partial charge in [-0.15, -0.1) is 0 Å². The van der Waals surface area contributed by atoms with Crippen LogP contribution >= 0.6 is 0 Å². The second-order valence-electron chi connectivity index (χ2n) is 7.21. The molecule has 0 saturated carbocycles. The van der Waals surface area contributed by atoms with Crippen molar-refractivity contribution in [1.29, 1.82) is 0 Å². The number of hydrogen-bond acceptors (Lipinski definition) is 5. The topological polar surface area (TPSA) is 85.8 Å². The van der Waals surface area contributed by atoms with Crippen molar-refractivity contribution in [3.63, 3.8) is 0 Å². The van der Waals surface area contributed by atoms with E-state index in [1.165, 1.54) is 0 Å². The number of benzene rings is 2. The molecule has 4 rings (SSSR count). The average Bonchev–Trinajstić information content (AvgIpc) is 3.33. The van der Waals surface area contributed by atoms with Crippen LogP contribution in [0.3, 0.4) is 0 Å². The molecule has 0 spiro atoms. The zero-order valence-electron chi connectivity index (χ0n) is 17.0. The summed E-state index contributed by atoms with van der Waals surface area (Å²) >= 11 is 0. The molecule has 7 nitrogen and oxygen atoms in total. The van der Waals surface area contributed by atoms with Gasteiger partial charge in [-0.05, 0) is 25.5 Å². The molecule has 2 aromatic heterocycles. The van der Waals surface area contributed by atoms with Crippen molar-refractivity contribution in [2.75, 3.05) is 5.32 Å². The van der Waals surface area contributed by atoms with Crippen molar-refractivity contribution in [3.8, 4) is 11.3 Å². The second-order valence-corrected chi connectivity index (χ2v) is 7.21. The van der Waals surface area contributed by atoms with E-state index in [0.29, 0.717) is 30.5 Å². The molecule has 2 heterocycles. The molecule has 4 aromatic rings. The van der Waals surface area contributed by atoms with Crippen LogP contribution in [0.25, 0.3) is 11.3 Å². The Morgan fingerprint density at radius 1 is 1.07 bits per heavy atom. The lowest BCUT2D eigenvalue weighted by Crippen LogP contribution is -2.16. The molecule has 0 aliphatic carbocycles. The first-order valence-corrected chi connectivity index (χ1v) is 9.85. The van der Waals surface area contributed by atoms with Crippen molar-refractivity contribution in [3.05, 3.63) is 83.5 Å². The number of hydrogen-bond donors (Lipinski definition) is 1. The quantitative estimate of drug-likeness (QED) is 0.502. The molecule has 0 unspecified atom stereocenters. The van der Waals surface area contributed by atoms with Crippen molar-refractivity contribution in [2.24, 2.45) is 0 Å². The van der Waals surface area contributed by atoms with Gasteiger partial charge in [-0.2, -0.15) is 10.1 Å². The fraction of sp³-hybridized carbons (Fsp3) is 0.217. The van der Waals surface area contributed by atoms with Crippen molar-refractivity contribution in [2.45, 2.75) is 33.2 Å². The third kappa shape index (κ3) is 4.81. The summed E-state index contributed by atoms with van der Waals surface area (Å²) in [5.74, 6) is 1.55. The van der Waals surface area contributed by atoms with E-state index in [0.717, 1.165) is 22.4 Å². The van der Waals surface area contributed by atoms with Gasteiger partial charge < -0.3 is 9.84 Å². The molecule has 0 aliphatic rings. The minimum absolute atomic E-state index is 0.129. The van der Waals surface area contributed by atoms with Crippen LogP contribution < -0.4 is 5.32 Å². The van der Waals surface area contributed by atoms with E-state index < -0.39 is 0 Å². The van der Waals surface area contributed by atoms with E-state index >= 15 is 0 Å². The highest BCUT2D eigenvalue weighted by Gasteiger charge is 2.14. The Morgan fingerprint density at radius 3 is 2.63 bits per heavy atom. The van der Waals surface area contributed by atoms with Crippen LogP contribution in [-0.2, 0) is 17.8 Å². The van der Waals surface area contributed by atoms with Gasteiger partial charge in [0, 0.05) is 24.5 Å². The molecule has 7 heteroatoms. The highest BCUT2D eigenvalue weighted by molar-refractivity contribution is 5.90. The Bertz CT molecular complexity index is 1150. The maximum Gasteiger partial charge on any atom is 0.227 e. The minimum Gasteiger partial charge on any atom is -0.339 e. The summed E-state index contributed by atoms with van der Waals surface area (Å²) in [6.45, 7) is 4.36. The molecule has 0 saturated heterocycles. The lowest BCUT2D eigenvalue weighted by molar-refractivity contribution is -0.116. The fourth-order valence-corrected chi connectivity index (χ4v) is 3.21. The Morgan fingerprint density at radius 2 is 1.90 bits per heavy atom. The summed E-state index contributed by atoms with van der Waals surface area (Å²) in [5, 5.41) is 11.5. The van der Waals surface area contributed by atoms with Crippen LogP contribution in [0, 0.1) is 13.8 Å². The summed E-state index contributed by atoms with van der Waals surface area (Å²) in [6.07, 6.45) is 0.641. The average molecular weight is 401 g/mol. The van der Waals surface area contributed by atoms with Crippen LogP contribution in [0.4, 0.5) is 5.82 Å². The number of nitrogens with one attached hydrogen (secondary N) is 1. The molecule has 1 amide bonds. The van der Waals surface area contributed by atoms with Crippen LogP contribution in [0.2, 0.25) is 0 Å². The maximum atomic E-state index is 12.6. The molecule has 0 bridgehead atoms. The van der Waals surface area contributed by atoms with Crippen LogP contribution in [0.15, 0.2) is 65.2 Å². The van der Waals surface area contributed by atoms with Crippen molar-refractivity contribution < 1.29 is 9.32 Å². The van der Waals surface area contributed by atoms with Crippen LogP contribution in [0.5, 0.6) is 0 Å². The Balaban J connectivity index is 1.55. The molecular formula is C23H23N5O2. The SMILES string of the molecule is Cc1cccc(-c2cc(NC(=O)CCc3nc(C)no3)n(Cc3ccccc3)n2)c1. The molecule has 0 atom stereocenters. The van der Waals surface area contributed by atoms with Gasteiger partial charge in [0.25, 0.3) is 0 Å². The van der Waals surface area contributed by atoms with Gasteiger partial charge in [-0.1, -0.05) is 59.3 Å². The smallest absolute Gasteiger partial charge is 0.227 e. The number of aryl methyl sites for hydroxylation is 3. The summed E-state index contributed by atoms with van der Waals surface area (Å²) in [7, 11) is 0. The van der Waals surface area contributed by atoms with Gasteiger partial charge in [-0.3, -0.25) is 4.79 Å². The third-order valence-corrected chi connectivity index (χ3v) is 4.67. The zero-order valence-corrected chi connectivity index (χ0v) is 17.0. The number of amides is 1. The zero-order chi connectivity index (χ0) is 20.9. The van der Waals surface area contributed by atoms with E-state index in [9.17, 15) is 4.79 Å². The first-order chi connectivity index (χ1) is 14.6. The van der Waals surface area contributed by atoms with E-state index in [4.69, 9.17) is 9.62 Å². The number of aromatic nitrogens is 4. The highest BCUT2D eigenvalue weighted by atomic mass is 16.5. The monoisotopic (exact) mass is 401 g/mol. The predicted molar refractivity (Wildman–Crippen MR) is 114 cm³/mol. The number of carbonyl (C=O) groups excluding carboxylic acids is 1. The maximum absolute atomic E-state index is 12.6. The van der Waals surface area contributed by atoms with Crippen LogP contribution in [-0.4, -0.2) is 25.8 Å². The first-order valence-electron chi connectivity index (χ1n) is 9.85. The Kier molecular flexibility index (Phi) is 5.70. The van der Waals surface area contributed by atoms with Gasteiger partial charge in [0.2, 0.25) is 11.8 Å². The summed E-state index contributed by atoms with van der Waals surface area (Å²) in [5.41, 5.74) is 4.09. The molecule has 0 fully saturated rings. The van der Waals surface area contributed by atoms with E-state index in [-0.39, 0.29) is 12.3 Å². The molecule has 152 valence electrons. The molecule has 0 radical (unpaired) electrons. The first kappa shape index (κ1) is 19.6. The van der Waals surface area contributed by atoms with Gasteiger partial charge in [0.1, 0.15) is 5.82 Å². The normalized spacial score (nSPS) is 10.9.